The molecule has 234 valence electrons. The smallest absolute Gasteiger partial charge is 0.0618 e. The van der Waals surface area contributed by atoms with Crippen molar-refractivity contribution in [3.05, 3.63) is 194 Å². The van der Waals surface area contributed by atoms with Crippen LogP contribution in [0, 0.1) is 0 Å². The van der Waals surface area contributed by atoms with E-state index < -0.39 is 0 Å². The maximum atomic E-state index is 2.46. The molecule has 0 saturated carbocycles. The van der Waals surface area contributed by atoms with Crippen molar-refractivity contribution < 1.29 is 0 Å². The van der Waals surface area contributed by atoms with Crippen LogP contribution >= 0.6 is 0 Å². The minimum absolute atomic E-state index is 1.12. The Morgan fingerprint density at radius 3 is 1.60 bits per heavy atom. The Hall–Kier alpha value is -6.64. The molecule has 9 aromatic carbocycles. The van der Waals surface area contributed by atoms with Crippen LogP contribution in [0.1, 0.15) is 0 Å². The van der Waals surface area contributed by atoms with E-state index in [9.17, 15) is 0 Å². The van der Waals surface area contributed by atoms with Crippen LogP contribution in [-0.2, 0) is 0 Å². The number of rotatable bonds is 5. The van der Waals surface area contributed by atoms with Crippen molar-refractivity contribution >= 4 is 71.2 Å². The highest BCUT2D eigenvalue weighted by molar-refractivity contribution is 6.24. The monoisotopic (exact) mass is 636 g/mol. The summed E-state index contributed by atoms with van der Waals surface area (Å²) in [6.07, 6.45) is 0. The minimum Gasteiger partial charge on any atom is -0.309 e. The first kappa shape index (κ1) is 28.4. The van der Waals surface area contributed by atoms with Gasteiger partial charge >= 0.3 is 0 Å². The van der Waals surface area contributed by atoms with Gasteiger partial charge in [-0.1, -0.05) is 146 Å². The van der Waals surface area contributed by atoms with Crippen molar-refractivity contribution in [2.24, 2.45) is 0 Å². The zero-order chi connectivity index (χ0) is 33.0. The first-order chi connectivity index (χ1) is 24.8. The van der Waals surface area contributed by atoms with Gasteiger partial charge in [-0.05, 0) is 81.2 Å². The lowest BCUT2D eigenvalue weighted by Gasteiger charge is -2.30. The van der Waals surface area contributed by atoms with E-state index in [1.165, 1.54) is 70.9 Å². The second-order valence-corrected chi connectivity index (χ2v) is 12.9. The molecule has 0 N–H and O–H groups in total. The highest BCUT2D eigenvalue weighted by atomic mass is 15.1. The third kappa shape index (κ3) is 4.36. The number of fused-ring (bicyclic) bond motifs is 6. The molecule has 0 atom stereocenters. The third-order valence-electron chi connectivity index (χ3n) is 10.1. The number of para-hydroxylation sites is 3. The van der Waals surface area contributed by atoms with Gasteiger partial charge in [0.1, 0.15) is 0 Å². The van der Waals surface area contributed by atoms with Crippen molar-refractivity contribution in [2.45, 2.75) is 0 Å². The van der Waals surface area contributed by atoms with Crippen molar-refractivity contribution in [3.63, 3.8) is 0 Å². The lowest BCUT2D eigenvalue weighted by Crippen LogP contribution is -2.11. The van der Waals surface area contributed by atoms with Gasteiger partial charge in [-0.25, -0.2) is 0 Å². The average molecular weight is 637 g/mol. The van der Waals surface area contributed by atoms with Crippen LogP contribution in [0.2, 0.25) is 0 Å². The molecular weight excluding hydrogens is 605 g/mol. The molecule has 0 spiro atoms. The van der Waals surface area contributed by atoms with E-state index in [4.69, 9.17) is 0 Å². The predicted molar refractivity (Wildman–Crippen MR) is 213 cm³/mol. The average Bonchev–Trinajstić information content (AvgIpc) is 3.52. The van der Waals surface area contributed by atoms with Crippen molar-refractivity contribution in [3.8, 4) is 16.8 Å². The van der Waals surface area contributed by atoms with Gasteiger partial charge in [0.15, 0.2) is 0 Å². The van der Waals surface area contributed by atoms with Gasteiger partial charge < -0.3 is 9.47 Å². The van der Waals surface area contributed by atoms with E-state index in [-0.39, 0.29) is 0 Å². The number of anilines is 3. The quantitative estimate of drug-likeness (QED) is 0.171. The van der Waals surface area contributed by atoms with Crippen molar-refractivity contribution in [1.29, 1.82) is 0 Å². The minimum atomic E-state index is 1.12. The molecule has 1 aromatic heterocycles. The second kappa shape index (κ2) is 11.5. The van der Waals surface area contributed by atoms with Gasteiger partial charge in [0.05, 0.1) is 16.7 Å². The molecule has 0 saturated heterocycles. The number of benzene rings is 9. The summed E-state index contributed by atoms with van der Waals surface area (Å²) in [6, 6.07) is 70.5. The molecule has 0 radical (unpaired) electrons. The summed E-state index contributed by atoms with van der Waals surface area (Å²) in [5.74, 6) is 0. The van der Waals surface area contributed by atoms with Gasteiger partial charge in [0, 0.05) is 38.6 Å². The summed E-state index contributed by atoms with van der Waals surface area (Å²) < 4.78 is 2.38. The molecule has 0 bridgehead atoms. The Morgan fingerprint density at radius 2 is 0.880 bits per heavy atom. The Balaban J connectivity index is 1.30. The summed E-state index contributed by atoms with van der Waals surface area (Å²) in [5, 5.41) is 9.87. The van der Waals surface area contributed by atoms with Crippen LogP contribution in [0.3, 0.4) is 0 Å². The van der Waals surface area contributed by atoms with E-state index >= 15 is 0 Å². The van der Waals surface area contributed by atoms with Gasteiger partial charge in [-0.3, -0.25) is 0 Å². The number of aromatic nitrogens is 1. The normalized spacial score (nSPS) is 11.6. The maximum Gasteiger partial charge on any atom is 0.0618 e. The summed E-state index contributed by atoms with van der Waals surface area (Å²) in [7, 11) is 0. The van der Waals surface area contributed by atoms with Crippen LogP contribution in [0.15, 0.2) is 194 Å². The standard InChI is InChI=1S/C48H32N2/c1-3-18-34(19-4-1)49(36-30-31-46-44(32-36)38-23-13-14-29-45(38)50(46)35-20-5-2-6-21-35)48-42-26-11-9-24-40(42)47(41-25-10-12-27-43(41)48)39-28-15-17-33-16-7-8-22-37(33)39/h1-32H. The number of hydrogen-bond acceptors (Lipinski definition) is 1. The van der Waals surface area contributed by atoms with E-state index in [1.54, 1.807) is 0 Å². The fraction of sp³-hybridized carbons (Fsp3) is 0. The largest absolute Gasteiger partial charge is 0.309 e. The van der Waals surface area contributed by atoms with Gasteiger partial charge in [-0.2, -0.15) is 0 Å². The summed E-state index contributed by atoms with van der Waals surface area (Å²) in [5.41, 5.74) is 9.49. The first-order valence-electron chi connectivity index (χ1n) is 17.2. The van der Waals surface area contributed by atoms with E-state index in [0.717, 1.165) is 17.1 Å². The van der Waals surface area contributed by atoms with Crippen LogP contribution in [0.5, 0.6) is 0 Å². The van der Waals surface area contributed by atoms with E-state index in [2.05, 4.69) is 204 Å². The van der Waals surface area contributed by atoms with Gasteiger partial charge in [-0.15, -0.1) is 0 Å². The van der Waals surface area contributed by atoms with Crippen LogP contribution in [-0.4, -0.2) is 4.57 Å². The summed E-state index contributed by atoms with van der Waals surface area (Å²) >= 11 is 0. The molecule has 0 unspecified atom stereocenters. The lowest BCUT2D eigenvalue weighted by molar-refractivity contribution is 1.18. The molecule has 2 heteroatoms. The third-order valence-corrected chi connectivity index (χ3v) is 10.1. The molecule has 1 heterocycles. The van der Waals surface area contributed by atoms with Gasteiger partial charge in [0.25, 0.3) is 0 Å². The molecule has 0 fully saturated rings. The Bertz CT molecular complexity index is 2800. The van der Waals surface area contributed by atoms with Gasteiger partial charge in [0.2, 0.25) is 0 Å². The summed E-state index contributed by atoms with van der Waals surface area (Å²) in [6.45, 7) is 0. The zero-order valence-electron chi connectivity index (χ0n) is 27.4. The highest BCUT2D eigenvalue weighted by Gasteiger charge is 2.23. The highest BCUT2D eigenvalue weighted by Crippen LogP contribution is 2.49. The Labute approximate surface area is 290 Å². The van der Waals surface area contributed by atoms with E-state index in [0.29, 0.717) is 0 Å². The topological polar surface area (TPSA) is 8.17 Å². The fourth-order valence-electron chi connectivity index (χ4n) is 8.02. The zero-order valence-corrected chi connectivity index (χ0v) is 27.4. The van der Waals surface area contributed by atoms with E-state index in [1.807, 2.05) is 0 Å². The number of hydrogen-bond donors (Lipinski definition) is 0. The first-order valence-corrected chi connectivity index (χ1v) is 17.2. The SMILES string of the molecule is c1ccc(N(c2ccc3c(c2)c2ccccc2n3-c2ccccc2)c2c3ccccc3c(-c3cccc4ccccc34)c3ccccc23)cc1. The van der Waals surface area contributed by atoms with Crippen molar-refractivity contribution in [2.75, 3.05) is 4.90 Å². The number of nitrogens with zero attached hydrogens (tertiary/aromatic N) is 2. The Morgan fingerprint density at radius 1 is 0.340 bits per heavy atom. The lowest BCUT2D eigenvalue weighted by atomic mass is 9.88. The summed E-state index contributed by atoms with van der Waals surface area (Å²) in [4.78, 5) is 2.46. The molecule has 10 rings (SSSR count). The molecule has 0 aliphatic heterocycles. The van der Waals surface area contributed by atoms with Crippen LogP contribution in [0.25, 0.3) is 70.9 Å². The van der Waals surface area contributed by atoms with Crippen molar-refractivity contribution in [1.82, 2.24) is 4.57 Å². The molecule has 2 nitrogen and oxygen atoms in total. The molecular formula is C48H32N2. The van der Waals surface area contributed by atoms with Crippen LogP contribution < -0.4 is 4.90 Å². The molecule has 0 amide bonds. The molecule has 0 aliphatic rings. The second-order valence-electron chi connectivity index (χ2n) is 12.9. The Kier molecular flexibility index (Phi) is 6.53. The molecule has 10 aromatic rings. The fourth-order valence-corrected chi connectivity index (χ4v) is 8.02. The molecule has 0 aliphatic carbocycles. The molecule has 50 heavy (non-hydrogen) atoms. The predicted octanol–water partition coefficient (Wildman–Crippen LogP) is 13.4. The van der Waals surface area contributed by atoms with Crippen LogP contribution in [0.4, 0.5) is 17.1 Å². The maximum absolute atomic E-state index is 2.46.